The lowest BCUT2D eigenvalue weighted by Gasteiger charge is -2.36. The number of rotatable bonds is 3. The Labute approximate surface area is 167 Å². The number of nitrogens with one attached hydrogen (secondary N) is 2. The summed E-state index contributed by atoms with van der Waals surface area (Å²) in [4.78, 5) is 17.3. The van der Waals surface area contributed by atoms with Crippen molar-refractivity contribution in [2.75, 3.05) is 17.7 Å². The topological polar surface area (TPSA) is 102 Å². The highest BCUT2D eigenvalue weighted by Gasteiger charge is 2.48. The van der Waals surface area contributed by atoms with Crippen LogP contribution in [0, 0.1) is 0 Å². The summed E-state index contributed by atoms with van der Waals surface area (Å²) in [6.07, 6.45) is 4.98. The number of anilines is 2. The maximum Gasteiger partial charge on any atom is 0.269 e. The van der Waals surface area contributed by atoms with Crippen molar-refractivity contribution in [3.63, 3.8) is 0 Å². The van der Waals surface area contributed by atoms with Crippen LogP contribution in [0.5, 0.6) is 0 Å². The molecule has 1 spiro atoms. The van der Waals surface area contributed by atoms with Crippen LogP contribution < -0.4 is 10.6 Å². The number of ether oxygens (including phenoxy) is 1. The molecule has 9 heteroatoms. The Bertz CT molecular complexity index is 1220. The van der Waals surface area contributed by atoms with E-state index in [9.17, 15) is 13.2 Å². The SMILES string of the molecule is COC1CCC2(C1)Nc1c(cnc3c1ccn3S(=O)(=O)c1ccccc1)NC2=O. The van der Waals surface area contributed by atoms with Gasteiger partial charge in [0.05, 0.1) is 28.6 Å². The first-order chi connectivity index (χ1) is 13.9. The molecule has 2 aliphatic rings. The van der Waals surface area contributed by atoms with Gasteiger partial charge in [-0.1, -0.05) is 18.2 Å². The van der Waals surface area contributed by atoms with E-state index in [2.05, 4.69) is 15.6 Å². The first kappa shape index (κ1) is 18.1. The maximum absolute atomic E-state index is 13.1. The van der Waals surface area contributed by atoms with Crippen LogP contribution in [0.15, 0.2) is 53.7 Å². The summed E-state index contributed by atoms with van der Waals surface area (Å²) in [5, 5.41) is 6.97. The fraction of sp³-hybridized carbons (Fsp3) is 0.300. The van der Waals surface area contributed by atoms with Crippen LogP contribution in [0.3, 0.4) is 0 Å². The van der Waals surface area contributed by atoms with Gasteiger partial charge >= 0.3 is 0 Å². The molecule has 29 heavy (non-hydrogen) atoms. The van der Waals surface area contributed by atoms with Crippen LogP contribution in [0.2, 0.25) is 0 Å². The number of pyridine rings is 1. The van der Waals surface area contributed by atoms with E-state index in [1.54, 1.807) is 43.5 Å². The second-order valence-electron chi connectivity index (χ2n) is 7.48. The summed E-state index contributed by atoms with van der Waals surface area (Å²) in [7, 11) is -2.13. The second-order valence-corrected chi connectivity index (χ2v) is 9.29. The monoisotopic (exact) mass is 412 g/mol. The van der Waals surface area contributed by atoms with E-state index in [0.29, 0.717) is 35.2 Å². The van der Waals surface area contributed by atoms with E-state index < -0.39 is 15.6 Å². The Morgan fingerprint density at radius 3 is 2.76 bits per heavy atom. The molecule has 1 fully saturated rings. The largest absolute Gasteiger partial charge is 0.381 e. The van der Waals surface area contributed by atoms with E-state index in [0.717, 1.165) is 6.42 Å². The predicted molar refractivity (Wildman–Crippen MR) is 108 cm³/mol. The molecule has 0 saturated heterocycles. The lowest BCUT2D eigenvalue weighted by molar-refractivity contribution is -0.120. The Hall–Kier alpha value is -2.91. The predicted octanol–water partition coefficient (Wildman–Crippen LogP) is 2.58. The van der Waals surface area contributed by atoms with Gasteiger partial charge in [-0.15, -0.1) is 0 Å². The molecule has 3 aromatic rings. The van der Waals surface area contributed by atoms with Crippen molar-refractivity contribution in [1.82, 2.24) is 8.96 Å². The van der Waals surface area contributed by atoms with E-state index in [-0.39, 0.29) is 16.9 Å². The van der Waals surface area contributed by atoms with Crippen LogP contribution in [-0.2, 0) is 19.6 Å². The molecular weight excluding hydrogens is 392 g/mol. The van der Waals surface area contributed by atoms with Gasteiger partial charge in [-0.05, 0) is 31.0 Å². The molecule has 2 atom stereocenters. The zero-order valence-electron chi connectivity index (χ0n) is 15.8. The molecule has 0 bridgehead atoms. The Morgan fingerprint density at radius 2 is 2.03 bits per heavy atom. The van der Waals surface area contributed by atoms with Crippen molar-refractivity contribution in [2.24, 2.45) is 0 Å². The van der Waals surface area contributed by atoms with E-state index in [1.807, 2.05) is 0 Å². The Morgan fingerprint density at radius 1 is 1.24 bits per heavy atom. The maximum atomic E-state index is 13.1. The summed E-state index contributed by atoms with van der Waals surface area (Å²) in [5.41, 5.74) is 0.785. The van der Waals surface area contributed by atoms with Gasteiger partial charge in [-0.2, -0.15) is 0 Å². The summed E-state index contributed by atoms with van der Waals surface area (Å²) in [5.74, 6) is -0.109. The standard InChI is InChI=1S/C20H20N4O4S/c1-28-13-7-9-20(11-13)19(25)22-16-12-21-18-15(17(16)23-20)8-10-24(18)29(26,27)14-5-3-2-4-6-14/h2-6,8,10,12-13,23H,7,9,11H2,1H3,(H,22,25). The van der Waals surface area contributed by atoms with E-state index in [4.69, 9.17) is 4.74 Å². The fourth-order valence-corrected chi connectivity index (χ4v) is 5.57. The molecule has 1 aromatic carbocycles. The number of benzene rings is 1. The van der Waals surface area contributed by atoms with Crippen LogP contribution in [-0.4, -0.2) is 42.0 Å². The van der Waals surface area contributed by atoms with Crippen molar-refractivity contribution >= 4 is 38.3 Å². The third-order valence-corrected chi connectivity index (χ3v) is 7.51. The Kier molecular flexibility index (Phi) is 3.94. The minimum absolute atomic E-state index is 0.00943. The van der Waals surface area contributed by atoms with Crippen molar-refractivity contribution in [3.05, 3.63) is 48.8 Å². The summed E-state index contributed by atoms with van der Waals surface area (Å²) >= 11 is 0. The fourth-order valence-electron chi connectivity index (χ4n) is 4.25. The molecule has 1 saturated carbocycles. The zero-order chi connectivity index (χ0) is 20.2. The highest BCUT2D eigenvalue weighted by atomic mass is 32.2. The summed E-state index contributed by atoms with van der Waals surface area (Å²) in [6, 6.07) is 9.94. The van der Waals surface area contributed by atoms with Gasteiger partial charge in [0, 0.05) is 25.1 Å². The third-order valence-electron chi connectivity index (χ3n) is 5.83. The second kappa shape index (κ2) is 6.30. The molecule has 1 amide bonds. The van der Waals surface area contributed by atoms with Gasteiger partial charge in [0.2, 0.25) is 5.91 Å². The van der Waals surface area contributed by atoms with Gasteiger partial charge < -0.3 is 15.4 Å². The van der Waals surface area contributed by atoms with Crippen LogP contribution in [0.25, 0.3) is 11.0 Å². The highest BCUT2D eigenvalue weighted by molar-refractivity contribution is 7.90. The molecule has 2 N–H and O–H groups in total. The van der Waals surface area contributed by atoms with Gasteiger partial charge in [0.15, 0.2) is 5.65 Å². The average Bonchev–Trinajstić information content (AvgIpc) is 3.35. The van der Waals surface area contributed by atoms with Crippen molar-refractivity contribution in [2.45, 2.75) is 35.8 Å². The van der Waals surface area contributed by atoms with Gasteiger partial charge in [0.25, 0.3) is 10.0 Å². The van der Waals surface area contributed by atoms with Crippen LogP contribution >= 0.6 is 0 Å². The average molecular weight is 412 g/mol. The number of methoxy groups -OCH3 is 1. The number of carbonyl (C=O) groups excluding carboxylic acids is 1. The number of carbonyl (C=O) groups is 1. The van der Waals surface area contributed by atoms with E-state index in [1.165, 1.54) is 16.4 Å². The number of aromatic nitrogens is 2. The number of fused-ring (bicyclic) bond motifs is 3. The summed E-state index contributed by atoms with van der Waals surface area (Å²) < 4.78 is 32.8. The molecular formula is C20H20N4O4S. The van der Waals surface area contributed by atoms with Gasteiger partial charge in [0.1, 0.15) is 5.54 Å². The molecule has 3 heterocycles. The van der Waals surface area contributed by atoms with Gasteiger partial charge in [-0.3, -0.25) is 4.79 Å². The van der Waals surface area contributed by atoms with E-state index >= 15 is 0 Å². The molecule has 1 aliphatic carbocycles. The first-order valence-corrected chi connectivity index (χ1v) is 10.8. The minimum atomic E-state index is -3.78. The zero-order valence-corrected chi connectivity index (χ0v) is 16.6. The molecule has 2 unspecified atom stereocenters. The van der Waals surface area contributed by atoms with Crippen LogP contribution in [0.1, 0.15) is 19.3 Å². The van der Waals surface area contributed by atoms with Crippen molar-refractivity contribution in [1.29, 1.82) is 0 Å². The van der Waals surface area contributed by atoms with Gasteiger partial charge in [-0.25, -0.2) is 17.4 Å². The molecule has 8 nitrogen and oxygen atoms in total. The Balaban J connectivity index is 1.62. The smallest absolute Gasteiger partial charge is 0.269 e. The quantitative estimate of drug-likeness (QED) is 0.686. The third kappa shape index (κ3) is 2.65. The molecule has 5 rings (SSSR count). The molecule has 0 radical (unpaired) electrons. The molecule has 2 aromatic heterocycles. The minimum Gasteiger partial charge on any atom is -0.381 e. The lowest BCUT2D eigenvalue weighted by Crippen LogP contribution is -2.51. The van der Waals surface area contributed by atoms with Crippen LogP contribution in [0.4, 0.5) is 11.4 Å². The van der Waals surface area contributed by atoms with Crippen molar-refractivity contribution in [3.8, 4) is 0 Å². The number of amides is 1. The number of hydrogen-bond donors (Lipinski definition) is 2. The summed E-state index contributed by atoms with van der Waals surface area (Å²) in [6.45, 7) is 0. The normalized spacial score (nSPS) is 23.8. The molecule has 150 valence electrons. The van der Waals surface area contributed by atoms with Crippen molar-refractivity contribution < 1.29 is 17.9 Å². The highest BCUT2D eigenvalue weighted by Crippen LogP contribution is 2.43. The number of nitrogens with zero attached hydrogens (tertiary/aromatic N) is 2. The lowest BCUT2D eigenvalue weighted by atomic mass is 9.92. The first-order valence-electron chi connectivity index (χ1n) is 9.38. The molecule has 1 aliphatic heterocycles. The number of hydrogen-bond acceptors (Lipinski definition) is 6.